The van der Waals surface area contributed by atoms with Crippen molar-refractivity contribution in [3.63, 3.8) is 0 Å². The molecule has 6 nitrogen and oxygen atoms in total. The van der Waals surface area contributed by atoms with Gasteiger partial charge in [0.15, 0.2) is 0 Å². The molecule has 1 aliphatic rings. The normalized spacial score (nSPS) is 14.2. The van der Waals surface area contributed by atoms with Gasteiger partial charge in [-0.25, -0.2) is 0 Å². The molecule has 3 aromatic rings. The maximum absolute atomic E-state index is 12.2. The first-order chi connectivity index (χ1) is 15.4. The number of aromatic hydroxyl groups is 1. The predicted octanol–water partition coefficient (Wildman–Crippen LogP) is 5.01. The number of halogens is 2. The smallest absolute Gasteiger partial charge is 0.246 e. The Hall–Kier alpha value is -3.27. The van der Waals surface area contributed by atoms with Crippen LogP contribution in [0.2, 0.25) is 10.0 Å². The minimum absolute atomic E-state index is 0.0112. The average Bonchev–Trinajstić information content (AvgIpc) is 2.80. The van der Waals surface area contributed by atoms with Gasteiger partial charge in [-0.05, 0) is 43.3 Å². The molecule has 4 rings (SSSR count). The standard InChI is InChI=1S/C24H20Cl2N4O2/c1-2-3-23(32)29-6-8-30(9-7-29)24-15(13-27)14-28-22-12-18(21(26)11-19(22)24)17-10-16(31)4-5-20(17)25/h2-5,10-12,14,31H,6-9H2,1H3/b3-2+. The molecule has 0 aliphatic carbocycles. The van der Waals surface area contributed by atoms with Gasteiger partial charge in [-0.15, -0.1) is 0 Å². The number of carbonyl (C=O) groups excluding carboxylic acids is 1. The van der Waals surface area contributed by atoms with E-state index in [9.17, 15) is 15.2 Å². The van der Waals surface area contributed by atoms with Crippen LogP contribution in [0.3, 0.4) is 0 Å². The van der Waals surface area contributed by atoms with E-state index in [1.165, 1.54) is 6.07 Å². The number of nitrogens with zero attached hydrogens (tertiary/aromatic N) is 4. The van der Waals surface area contributed by atoms with Crippen LogP contribution in [0.1, 0.15) is 12.5 Å². The lowest BCUT2D eigenvalue weighted by Crippen LogP contribution is -2.48. The van der Waals surface area contributed by atoms with Crippen molar-refractivity contribution in [1.29, 1.82) is 5.26 Å². The monoisotopic (exact) mass is 466 g/mol. The van der Waals surface area contributed by atoms with Gasteiger partial charge < -0.3 is 14.9 Å². The third kappa shape index (κ3) is 4.10. The summed E-state index contributed by atoms with van der Waals surface area (Å²) in [4.78, 5) is 20.5. The van der Waals surface area contributed by atoms with Crippen LogP contribution >= 0.6 is 23.2 Å². The number of phenols is 1. The molecule has 0 saturated carbocycles. The number of aromatic nitrogens is 1. The van der Waals surface area contributed by atoms with E-state index in [0.29, 0.717) is 58.4 Å². The Kier molecular flexibility index (Phi) is 6.22. The number of benzene rings is 2. The highest BCUT2D eigenvalue weighted by Gasteiger charge is 2.24. The van der Waals surface area contributed by atoms with Gasteiger partial charge in [0.05, 0.1) is 16.8 Å². The highest BCUT2D eigenvalue weighted by atomic mass is 35.5. The van der Waals surface area contributed by atoms with Gasteiger partial charge in [-0.1, -0.05) is 29.3 Å². The molecule has 1 saturated heterocycles. The molecule has 0 atom stereocenters. The number of nitriles is 1. The van der Waals surface area contributed by atoms with E-state index in [1.54, 1.807) is 41.4 Å². The largest absolute Gasteiger partial charge is 0.508 e. The first-order valence-corrected chi connectivity index (χ1v) is 10.9. The number of fused-ring (bicyclic) bond motifs is 1. The third-order valence-electron chi connectivity index (χ3n) is 5.51. The molecule has 8 heteroatoms. The average molecular weight is 467 g/mol. The number of hydrogen-bond donors (Lipinski definition) is 1. The lowest BCUT2D eigenvalue weighted by molar-refractivity contribution is -0.126. The van der Waals surface area contributed by atoms with E-state index in [-0.39, 0.29) is 11.7 Å². The molecule has 162 valence electrons. The van der Waals surface area contributed by atoms with E-state index >= 15 is 0 Å². The number of rotatable bonds is 3. The van der Waals surface area contributed by atoms with Crippen LogP contribution in [0.4, 0.5) is 5.69 Å². The molecular weight excluding hydrogens is 447 g/mol. The van der Waals surface area contributed by atoms with Crippen LogP contribution < -0.4 is 4.90 Å². The molecule has 1 amide bonds. The SMILES string of the molecule is C/C=C/C(=O)N1CCN(c2c(C#N)cnc3cc(-c4cc(O)ccc4Cl)c(Cl)cc23)CC1. The summed E-state index contributed by atoms with van der Waals surface area (Å²) in [6, 6.07) is 10.5. The minimum atomic E-state index is -0.0112. The summed E-state index contributed by atoms with van der Waals surface area (Å²) in [6.07, 6.45) is 4.85. The van der Waals surface area contributed by atoms with Gasteiger partial charge in [0.25, 0.3) is 0 Å². The number of hydrogen-bond acceptors (Lipinski definition) is 5. The van der Waals surface area contributed by atoms with E-state index < -0.39 is 0 Å². The molecule has 2 heterocycles. The Bertz CT molecular complexity index is 1280. The molecule has 1 aliphatic heterocycles. The summed E-state index contributed by atoms with van der Waals surface area (Å²) < 4.78 is 0. The Morgan fingerprint density at radius 2 is 1.84 bits per heavy atom. The molecule has 0 unspecified atom stereocenters. The predicted molar refractivity (Wildman–Crippen MR) is 127 cm³/mol. The number of carbonyl (C=O) groups is 1. The van der Waals surface area contributed by atoms with Gasteiger partial charge >= 0.3 is 0 Å². The first-order valence-electron chi connectivity index (χ1n) is 10.1. The Labute approximate surface area is 195 Å². The topological polar surface area (TPSA) is 80.5 Å². The first kappa shape index (κ1) is 21.9. The van der Waals surface area contributed by atoms with Crippen LogP contribution in [-0.2, 0) is 4.79 Å². The lowest BCUT2D eigenvalue weighted by atomic mass is 10.0. The van der Waals surface area contributed by atoms with Gasteiger partial charge in [-0.3, -0.25) is 9.78 Å². The van der Waals surface area contributed by atoms with Gasteiger partial charge in [0.2, 0.25) is 5.91 Å². The molecule has 0 bridgehead atoms. The Balaban J connectivity index is 1.77. The number of pyridine rings is 1. The molecule has 1 aromatic heterocycles. The van der Waals surface area contributed by atoms with E-state index in [4.69, 9.17) is 23.2 Å². The number of allylic oxidation sites excluding steroid dienone is 1. The molecule has 2 aromatic carbocycles. The zero-order valence-corrected chi connectivity index (χ0v) is 18.9. The highest BCUT2D eigenvalue weighted by Crippen LogP contribution is 2.40. The third-order valence-corrected chi connectivity index (χ3v) is 6.15. The summed E-state index contributed by atoms with van der Waals surface area (Å²) in [6.45, 7) is 4.12. The Morgan fingerprint density at radius 3 is 2.53 bits per heavy atom. The van der Waals surface area contributed by atoms with E-state index in [2.05, 4.69) is 16.0 Å². The molecule has 32 heavy (non-hydrogen) atoms. The van der Waals surface area contributed by atoms with Crippen LogP contribution in [0.5, 0.6) is 5.75 Å². The second-order valence-electron chi connectivity index (χ2n) is 7.46. The fraction of sp³-hybridized carbons (Fsp3) is 0.208. The fourth-order valence-corrected chi connectivity index (χ4v) is 4.43. The van der Waals surface area contributed by atoms with Crippen LogP contribution in [-0.4, -0.2) is 47.1 Å². The van der Waals surface area contributed by atoms with Gasteiger partial charge in [0.1, 0.15) is 11.8 Å². The van der Waals surface area contributed by atoms with Crippen LogP contribution in [0.25, 0.3) is 22.0 Å². The maximum atomic E-state index is 12.2. The number of piperazine rings is 1. The van der Waals surface area contributed by atoms with Gasteiger partial charge in [-0.2, -0.15) is 5.26 Å². The summed E-state index contributed by atoms with van der Waals surface area (Å²) in [5, 5.41) is 21.3. The second-order valence-corrected chi connectivity index (χ2v) is 8.27. The second kappa shape index (κ2) is 9.07. The summed E-state index contributed by atoms with van der Waals surface area (Å²) in [5.41, 5.74) is 3.11. The summed E-state index contributed by atoms with van der Waals surface area (Å²) in [5.74, 6) is 0.0716. The maximum Gasteiger partial charge on any atom is 0.246 e. The van der Waals surface area contributed by atoms with Crippen molar-refractivity contribution in [3.8, 4) is 22.9 Å². The molecule has 1 N–H and O–H groups in total. The quantitative estimate of drug-likeness (QED) is 0.548. The zero-order valence-electron chi connectivity index (χ0n) is 17.3. The summed E-state index contributed by atoms with van der Waals surface area (Å²) >= 11 is 13.0. The van der Waals surface area contributed by atoms with Crippen LogP contribution in [0.15, 0.2) is 48.7 Å². The van der Waals surface area contributed by atoms with Crippen molar-refractivity contribution in [2.24, 2.45) is 0 Å². The number of amides is 1. The molecule has 0 radical (unpaired) electrons. The Morgan fingerprint density at radius 1 is 1.12 bits per heavy atom. The zero-order chi connectivity index (χ0) is 22.8. The lowest BCUT2D eigenvalue weighted by Gasteiger charge is -2.36. The fourth-order valence-electron chi connectivity index (χ4n) is 3.95. The van der Waals surface area contributed by atoms with Crippen molar-refractivity contribution < 1.29 is 9.90 Å². The van der Waals surface area contributed by atoms with Crippen molar-refractivity contribution >= 4 is 45.7 Å². The molecule has 0 spiro atoms. The van der Waals surface area contributed by atoms with Crippen molar-refractivity contribution in [2.75, 3.05) is 31.1 Å². The summed E-state index contributed by atoms with van der Waals surface area (Å²) in [7, 11) is 0. The van der Waals surface area contributed by atoms with E-state index in [1.807, 2.05) is 13.0 Å². The van der Waals surface area contributed by atoms with Gasteiger partial charge in [0, 0.05) is 58.9 Å². The van der Waals surface area contributed by atoms with Crippen LogP contribution in [0, 0.1) is 11.3 Å². The van der Waals surface area contributed by atoms with Crippen molar-refractivity contribution in [2.45, 2.75) is 6.92 Å². The van der Waals surface area contributed by atoms with Crippen molar-refractivity contribution in [1.82, 2.24) is 9.88 Å². The number of anilines is 1. The number of phenolic OH excluding ortho intramolecular Hbond substituents is 1. The molecule has 1 fully saturated rings. The van der Waals surface area contributed by atoms with E-state index in [0.717, 1.165) is 11.1 Å². The minimum Gasteiger partial charge on any atom is -0.508 e. The highest BCUT2D eigenvalue weighted by molar-refractivity contribution is 6.37. The van der Waals surface area contributed by atoms with Crippen molar-refractivity contribution in [3.05, 3.63) is 64.3 Å². The molecular formula is C24H20Cl2N4O2.